The molecular formula is C12H16N2O3. The van der Waals surface area contributed by atoms with Crippen molar-refractivity contribution in [2.45, 2.75) is 25.8 Å². The monoisotopic (exact) mass is 236 g/mol. The maximum atomic E-state index is 11.8. The second kappa shape index (κ2) is 5.98. The van der Waals surface area contributed by atoms with E-state index in [0.29, 0.717) is 0 Å². The van der Waals surface area contributed by atoms with Gasteiger partial charge in [0.1, 0.15) is 0 Å². The number of aromatic nitrogens is 1. The summed E-state index contributed by atoms with van der Waals surface area (Å²) in [6.07, 6.45) is 3.48. The number of hydrogen-bond donors (Lipinski definition) is 1. The smallest absolute Gasteiger partial charge is 0.305 e. The van der Waals surface area contributed by atoms with Gasteiger partial charge in [0.05, 0.1) is 12.8 Å². The van der Waals surface area contributed by atoms with Gasteiger partial charge in [-0.1, -0.05) is 0 Å². The van der Waals surface area contributed by atoms with Gasteiger partial charge >= 0.3 is 5.97 Å². The van der Waals surface area contributed by atoms with E-state index >= 15 is 0 Å². The minimum atomic E-state index is -0.902. The zero-order chi connectivity index (χ0) is 12.8. The van der Waals surface area contributed by atoms with Crippen molar-refractivity contribution in [1.29, 1.82) is 0 Å². The van der Waals surface area contributed by atoms with Gasteiger partial charge in [0.15, 0.2) is 0 Å². The number of aliphatic carboxylic acids is 1. The Labute approximate surface area is 100 Å². The molecule has 1 aromatic rings. The fraction of sp³-hybridized carbons (Fsp3) is 0.417. The molecule has 1 rings (SSSR count). The van der Waals surface area contributed by atoms with Gasteiger partial charge < -0.3 is 10.0 Å². The van der Waals surface area contributed by atoms with Crippen LogP contribution in [0.25, 0.3) is 0 Å². The third kappa shape index (κ3) is 4.22. The van der Waals surface area contributed by atoms with E-state index in [1.807, 2.05) is 0 Å². The molecule has 0 bridgehead atoms. The number of carboxylic acids is 1. The maximum absolute atomic E-state index is 11.8. The van der Waals surface area contributed by atoms with Crippen LogP contribution in [0.3, 0.4) is 0 Å². The Bertz CT molecular complexity index is 392. The fourth-order valence-corrected chi connectivity index (χ4v) is 1.44. The zero-order valence-corrected chi connectivity index (χ0v) is 9.96. The summed E-state index contributed by atoms with van der Waals surface area (Å²) in [6.45, 7) is 1.72. The van der Waals surface area contributed by atoms with Gasteiger partial charge in [-0.25, -0.2) is 0 Å². The van der Waals surface area contributed by atoms with E-state index in [4.69, 9.17) is 5.11 Å². The molecule has 0 aliphatic heterocycles. The minimum absolute atomic E-state index is 0.0431. The molecule has 1 heterocycles. The number of carbonyl (C=O) groups excluding carboxylic acids is 1. The number of likely N-dealkylation sites (N-methyl/N-ethyl adjacent to an activating group) is 1. The van der Waals surface area contributed by atoms with E-state index in [9.17, 15) is 9.59 Å². The van der Waals surface area contributed by atoms with Crippen LogP contribution in [-0.2, 0) is 16.0 Å². The second-order valence-electron chi connectivity index (χ2n) is 3.98. The molecule has 5 heteroatoms. The van der Waals surface area contributed by atoms with Gasteiger partial charge in [0.25, 0.3) is 0 Å². The average Bonchev–Trinajstić information content (AvgIpc) is 2.28. The van der Waals surface area contributed by atoms with Crippen LogP contribution in [0.5, 0.6) is 0 Å². The van der Waals surface area contributed by atoms with Gasteiger partial charge in [0, 0.05) is 25.5 Å². The van der Waals surface area contributed by atoms with Crippen LogP contribution < -0.4 is 0 Å². The van der Waals surface area contributed by atoms with E-state index in [-0.39, 0.29) is 24.8 Å². The molecule has 1 N–H and O–H groups in total. The second-order valence-corrected chi connectivity index (χ2v) is 3.98. The standard InChI is InChI=1S/C12H16N2O3/c1-9(7-12(16)17)14(2)11(15)8-10-3-5-13-6-4-10/h3-6,9H,7-8H2,1-2H3,(H,16,17). The molecule has 92 valence electrons. The molecule has 5 nitrogen and oxygen atoms in total. The van der Waals surface area contributed by atoms with Crippen LogP contribution in [0.15, 0.2) is 24.5 Å². The first-order valence-electron chi connectivity index (χ1n) is 5.37. The molecule has 17 heavy (non-hydrogen) atoms. The quantitative estimate of drug-likeness (QED) is 0.826. The highest BCUT2D eigenvalue weighted by Crippen LogP contribution is 2.06. The summed E-state index contributed by atoms with van der Waals surface area (Å²) in [5.74, 6) is -0.994. The molecule has 0 spiro atoms. The predicted octanol–water partition coefficient (Wildman–Crippen LogP) is 0.946. The first-order valence-corrected chi connectivity index (χ1v) is 5.37. The van der Waals surface area contributed by atoms with Crippen LogP contribution in [0, 0.1) is 0 Å². The van der Waals surface area contributed by atoms with Crippen molar-refractivity contribution in [3.8, 4) is 0 Å². The van der Waals surface area contributed by atoms with Crippen molar-refractivity contribution in [1.82, 2.24) is 9.88 Å². The molecule has 0 saturated heterocycles. The number of carboxylic acid groups (broad SMARTS) is 1. The Morgan fingerprint density at radius 2 is 2.00 bits per heavy atom. The average molecular weight is 236 g/mol. The Balaban J connectivity index is 2.55. The maximum Gasteiger partial charge on any atom is 0.305 e. The molecule has 0 radical (unpaired) electrons. The van der Waals surface area contributed by atoms with Gasteiger partial charge in [-0.3, -0.25) is 14.6 Å². The summed E-state index contributed by atoms with van der Waals surface area (Å²) in [7, 11) is 1.62. The summed E-state index contributed by atoms with van der Waals surface area (Å²) in [5, 5.41) is 8.66. The lowest BCUT2D eigenvalue weighted by molar-refractivity contribution is -0.139. The molecule has 1 aromatic heterocycles. The van der Waals surface area contributed by atoms with E-state index in [1.54, 1.807) is 38.5 Å². The van der Waals surface area contributed by atoms with Crippen molar-refractivity contribution in [3.05, 3.63) is 30.1 Å². The van der Waals surface area contributed by atoms with E-state index < -0.39 is 5.97 Å². The summed E-state index contributed by atoms with van der Waals surface area (Å²) >= 11 is 0. The van der Waals surface area contributed by atoms with Gasteiger partial charge in [0.2, 0.25) is 5.91 Å². The first kappa shape index (κ1) is 13.2. The topological polar surface area (TPSA) is 70.5 Å². The highest BCUT2D eigenvalue weighted by Gasteiger charge is 2.18. The van der Waals surface area contributed by atoms with Gasteiger partial charge in [-0.15, -0.1) is 0 Å². The van der Waals surface area contributed by atoms with Crippen molar-refractivity contribution >= 4 is 11.9 Å². The summed E-state index contributed by atoms with van der Waals surface area (Å²) in [4.78, 5) is 27.7. The number of rotatable bonds is 5. The van der Waals surface area contributed by atoms with Crippen molar-refractivity contribution in [2.75, 3.05) is 7.05 Å². The molecule has 1 atom stereocenters. The Morgan fingerprint density at radius 1 is 1.41 bits per heavy atom. The SMILES string of the molecule is CC(CC(=O)O)N(C)C(=O)Cc1ccncc1. The Hall–Kier alpha value is -1.91. The van der Waals surface area contributed by atoms with Crippen LogP contribution in [0.4, 0.5) is 0 Å². The number of pyridine rings is 1. The lowest BCUT2D eigenvalue weighted by Crippen LogP contribution is -2.37. The molecule has 0 aliphatic rings. The third-order valence-corrected chi connectivity index (χ3v) is 2.63. The van der Waals surface area contributed by atoms with E-state index in [1.165, 1.54) is 4.90 Å². The summed E-state index contributed by atoms with van der Waals surface area (Å²) < 4.78 is 0. The van der Waals surface area contributed by atoms with Crippen LogP contribution >= 0.6 is 0 Å². The van der Waals surface area contributed by atoms with Crippen LogP contribution in [-0.4, -0.2) is 40.0 Å². The molecule has 0 fully saturated rings. The zero-order valence-electron chi connectivity index (χ0n) is 9.96. The summed E-state index contributed by atoms with van der Waals surface area (Å²) in [6, 6.07) is 3.24. The third-order valence-electron chi connectivity index (χ3n) is 2.63. The molecular weight excluding hydrogens is 220 g/mol. The highest BCUT2D eigenvalue weighted by molar-refractivity contribution is 5.79. The van der Waals surface area contributed by atoms with Crippen molar-refractivity contribution in [2.24, 2.45) is 0 Å². The number of carbonyl (C=O) groups is 2. The number of nitrogens with zero attached hydrogens (tertiary/aromatic N) is 2. The molecule has 0 saturated carbocycles. The van der Waals surface area contributed by atoms with Crippen molar-refractivity contribution < 1.29 is 14.7 Å². The molecule has 0 aromatic carbocycles. The van der Waals surface area contributed by atoms with Gasteiger partial charge in [-0.2, -0.15) is 0 Å². The minimum Gasteiger partial charge on any atom is -0.481 e. The lowest BCUT2D eigenvalue weighted by atomic mass is 10.1. The Kier molecular flexibility index (Phi) is 4.63. The highest BCUT2D eigenvalue weighted by atomic mass is 16.4. The van der Waals surface area contributed by atoms with Crippen molar-refractivity contribution in [3.63, 3.8) is 0 Å². The molecule has 1 amide bonds. The first-order chi connectivity index (χ1) is 8.00. The predicted molar refractivity (Wildman–Crippen MR) is 62.4 cm³/mol. The van der Waals surface area contributed by atoms with E-state index in [2.05, 4.69) is 4.98 Å². The fourth-order valence-electron chi connectivity index (χ4n) is 1.44. The molecule has 1 unspecified atom stereocenters. The van der Waals surface area contributed by atoms with Gasteiger partial charge in [-0.05, 0) is 24.6 Å². The van der Waals surface area contributed by atoms with Crippen LogP contribution in [0.1, 0.15) is 18.9 Å². The normalized spacial score (nSPS) is 11.9. The molecule has 0 aliphatic carbocycles. The lowest BCUT2D eigenvalue weighted by Gasteiger charge is -2.23. The number of hydrogen-bond acceptors (Lipinski definition) is 3. The van der Waals surface area contributed by atoms with Crippen LogP contribution in [0.2, 0.25) is 0 Å². The summed E-state index contributed by atoms with van der Waals surface area (Å²) in [5.41, 5.74) is 0.874. The Morgan fingerprint density at radius 3 is 2.53 bits per heavy atom. The largest absolute Gasteiger partial charge is 0.481 e. The van der Waals surface area contributed by atoms with E-state index in [0.717, 1.165) is 5.56 Å². The number of amides is 1.